The van der Waals surface area contributed by atoms with Gasteiger partial charge in [-0.1, -0.05) is 38.4 Å². The van der Waals surface area contributed by atoms with Crippen LogP contribution in [-0.4, -0.2) is 36.9 Å². The third-order valence-electron chi connectivity index (χ3n) is 5.49. The van der Waals surface area contributed by atoms with Gasteiger partial charge in [0.05, 0.1) is 18.7 Å². The number of carbonyl (C=O) groups is 2. The Morgan fingerprint density at radius 3 is 2.47 bits per heavy atom. The van der Waals surface area contributed by atoms with E-state index in [0.717, 1.165) is 18.4 Å². The van der Waals surface area contributed by atoms with Crippen molar-refractivity contribution >= 4 is 29.1 Å². The predicted octanol–water partition coefficient (Wildman–Crippen LogP) is 5.14. The molecule has 1 fully saturated rings. The molecule has 0 radical (unpaired) electrons. The topological polar surface area (TPSA) is 58.6 Å². The Morgan fingerprint density at radius 1 is 1.13 bits per heavy atom. The molecule has 1 unspecified atom stereocenters. The van der Waals surface area contributed by atoms with Crippen LogP contribution in [0.3, 0.4) is 0 Å². The van der Waals surface area contributed by atoms with Crippen molar-refractivity contribution in [1.82, 2.24) is 4.90 Å². The van der Waals surface area contributed by atoms with Gasteiger partial charge in [0.2, 0.25) is 5.91 Å². The average Bonchev–Trinajstić information content (AvgIpc) is 2.73. The molecule has 6 heteroatoms. The molecule has 2 aromatic rings. The third-order valence-corrected chi connectivity index (χ3v) is 5.75. The number of nitrogens with one attached hydrogen (secondary N) is 1. The van der Waals surface area contributed by atoms with Crippen molar-refractivity contribution in [3.05, 3.63) is 58.6 Å². The molecule has 3 rings (SSSR count). The first-order valence-electron chi connectivity index (χ1n) is 10.2. The normalized spacial score (nSPS) is 16.8. The predicted molar refractivity (Wildman–Crippen MR) is 120 cm³/mol. The molecule has 160 valence electrons. The molecular weight excluding hydrogens is 400 g/mol. The molecule has 0 spiro atoms. The summed E-state index contributed by atoms with van der Waals surface area (Å²) in [6.45, 7) is 7.42. The van der Waals surface area contributed by atoms with Gasteiger partial charge in [0, 0.05) is 23.7 Å². The molecule has 1 aliphatic rings. The van der Waals surface area contributed by atoms with Gasteiger partial charge in [-0.05, 0) is 60.2 Å². The van der Waals surface area contributed by atoms with Gasteiger partial charge in [-0.25, -0.2) is 0 Å². The summed E-state index contributed by atoms with van der Waals surface area (Å²) in [6, 6.07) is 12.7. The van der Waals surface area contributed by atoms with E-state index < -0.39 is 0 Å². The van der Waals surface area contributed by atoms with E-state index in [4.69, 9.17) is 16.3 Å². The van der Waals surface area contributed by atoms with Gasteiger partial charge >= 0.3 is 0 Å². The zero-order valence-corrected chi connectivity index (χ0v) is 18.8. The summed E-state index contributed by atoms with van der Waals surface area (Å²) >= 11 is 5.92. The van der Waals surface area contributed by atoms with E-state index in [2.05, 4.69) is 26.1 Å². The summed E-state index contributed by atoms with van der Waals surface area (Å²) in [5.41, 5.74) is 2.32. The minimum absolute atomic E-state index is 0.0433. The highest BCUT2D eigenvalue weighted by Gasteiger charge is 2.29. The fourth-order valence-electron chi connectivity index (χ4n) is 3.66. The van der Waals surface area contributed by atoms with Gasteiger partial charge in [0.15, 0.2) is 0 Å². The molecule has 0 aromatic heterocycles. The fourth-order valence-corrected chi connectivity index (χ4v) is 3.78. The number of carbonyl (C=O) groups excluding carboxylic acids is 2. The van der Waals surface area contributed by atoms with Crippen molar-refractivity contribution in [1.29, 1.82) is 0 Å². The standard InChI is InChI=1S/C24H29ClN2O3/c1-24(2,3)18-9-12-21(30-4)20(14-18)26-22(28)17-6-5-13-27(15-17)23(29)16-7-10-19(25)11-8-16/h7-12,14,17H,5-6,13,15H2,1-4H3,(H,26,28). The summed E-state index contributed by atoms with van der Waals surface area (Å²) in [6.07, 6.45) is 1.54. The number of piperidine rings is 1. The number of ether oxygens (including phenoxy) is 1. The van der Waals surface area contributed by atoms with E-state index in [1.165, 1.54) is 0 Å². The second kappa shape index (κ2) is 9.09. The number of hydrogen-bond acceptors (Lipinski definition) is 3. The van der Waals surface area contributed by atoms with Crippen LogP contribution in [0.5, 0.6) is 5.75 Å². The number of halogens is 1. The first kappa shape index (κ1) is 22.2. The highest BCUT2D eigenvalue weighted by Crippen LogP contribution is 2.32. The first-order chi connectivity index (χ1) is 14.2. The number of nitrogens with zero attached hydrogens (tertiary/aromatic N) is 1. The van der Waals surface area contributed by atoms with Crippen LogP contribution in [0.4, 0.5) is 5.69 Å². The Morgan fingerprint density at radius 2 is 1.83 bits per heavy atom. The van der Waals surface area contributed by atoms with Crippen molar-refractivity contribution in [3.8, 4) is 5.75 Å². The first-order valence-corrected chi connectivity index (χ1v) is 10.6. The van der Waals surface area contributed by atoms with Gasteiger partial charge in [0.25, 0.3) is 5.91 Å². The Labute approximate surface area is 183 Å². The molecule has 0 aliphatic carbocycles. The van der Waals surface area contributed by atoms with E-state index in [9.17, 15) is 9.59 Å². The molecule has 1 aliphatic heterocycles. The van der Waals surface area contributed by atoms with E-state index in [1.807, 2.05) is 18.2 Å². The van der Waals surface area contributed by atoms with Gasteiger partial charge < -0.3 is 15.0 Å². The number of anilines is 1. The van der Waals surface area contributed by atoms with E-state index in [1.54, 1.807) is 36.3 Å². The Bertz CT molecular complexity index is 919. The van der Waals surface area contributed by atoms with Gasteiger partial charge in [-0.3, -0.25) is 9.59 Å². The van der Waals surface area contributed by atoms with Crippen LogP contribution in [0.2, 0.25) is 5.02 Å². The molecule has 0 saturated carbocycles. The molecule has 1 atom stereocenters. The smallest absolute Gasteiger partial charge is 0.253 e. The number of benzene rings is 2. The lowest BCUT2D eigenvalue weighted by Crippen LogP contribution is -2.43. The molecular formula is C24H29ClN2O3. The van der Waals surface area contributed by atoms with Gasteiger partial charge in [0.1, 0.15) is 5.75 Å². The van der Waals surface area contributed by atoms with Crippen molar-refractivity contribution in [3.63, 3.8) is 0 Å². The highest BCUT2D eigenvalue weighted by molar-refractivity contribution is 6.30. The van der Waals surface area contributed by atoms with Gasteiger partial charge in [-0.2, -0.15) is 0 Å². The maximum atomic E-state index is 13.0. The average molecular weight is 429 g/mol. The second-order valence-electron chi connectivity index (χ2n) is 8.75. The maximum Gasteiger partial charge on any atom is 0.253 e. The fraction of sp³-hybridized carbons (Fsp3) is 0.417. The van der Waals surface area contributed by atoms with Crippen LogP contribution in [-0.2, 0) is 10.2 Å². The van der Waals surface area contributed by atoms with Crippen LogP contribution in [0, 0.1) is 5.92 Å². The molecule has 1 N–H and O–H groups in total. The number of rotatable bonds is 4. The summed E-state index contributed by atoms with van der Waals surface area (Å²) in [5, 5.41) is 3.62. The Hall–Kier alpha value is -2.53. The minimum atomic E-state index is -0.266. The number of likely N-dealkylation sites (tertiary alicyclic amines) is 1. The van der Waals surface area contributed by atoms with Crippen LogP contribution in [0.1, 0.15) is 49.5 Å². The van der Waals surface area contributed by atoms with Crippen LogP contribution < -0.4 is 10.1 Å². The number of amides is 2. The zero-order chi connectivity index (χ0) is 21.9. The SMILES string of the molecule is COc1ccc(C(C)(C)C)cc1NC(=O)C1CCCN(C(=O)c2ccc(Cl)cc2)C1. The van der Waals surface area contributed by atoms with Crippen molar-refractivity contribution in [2.75, 3.05) is 25.5 Å². The van der Waals surface area contributed by atoms with E-state index in [-0.39, 0.29) is 23.1 Å². The molecule has 2 aromatic carbocycles. The minimum Gasteiger partial charge on any atom is -0.495 e. The third kappa shape index (κ3) is 5.14. The van der Waals surface area contributed by atoms with Crippen molar-refractivity contribution in [2.45, 2.75) is 39.0 Å². The highest BCUT2D eigenvalue weighted by atomic mass is 35.5. The summed E-state index contributed by atoms with van der Waals surface area (Å²) < 4.78 is 5.44. The van der Waals surface area contributed by atoms with Crippen molar-refractivity contribution in [2.24, 2.45) is 5.92 Å². The summed E-state index contributed by atoms with van der Waals surface area (Å²) in [4.78, 5) is 27.6. The van der Waals surface area contributed by atoms with E-state index >= 15 is 0 Å². The molecule has 30 heavy (non-hydrogen) atoms. The second-order valence-corrected chi connectivity index (χ2v) is 9.19. The number of methoxy groups -OCH3 is 1. The Kier molecular flexibility index (Phi) is 6.71. The van der Waals surface area contributed by atoms with Crippen LogP contribution in [0.25, 0.3) is 0 Å². The maximum absolute atomic E-state index is 13.0. The number of hydrogen-bond donors (Lipinski definition) is 1. The lowest BCUT2D eigenvalue weighted by atomic mass is 9.86. The van der Waals surface area contributed by atoms with Crippen molar-refractivity contribution < 1.29 is 14.3 Å². The van der Waals surface area contributed by atoms with Gasteiger partial charge in [-0.15, -0.1) is 0 Å². The van der Waals surface area contributed by atoms with E-state index in [0.29, 0.717) is 35.1 Å². The summed E-state index contributed by atoms with van der Waals surface area (Å²) in [7, 11) is 1.59. The molecule has 5 nitrogen and oxygen atoms in total. The summed E-state index contributed by atoms with van der Waals surface area (Å²) in [5.74, 6) is 0.198. The quantitative estimate of drug-likeness (QED) is 0.733. The largest absolute Gasteiger partial charge is 0.495 e. The molecule has 0 bridgehead atoms. The lowest BCUT2D eigenvalue weighted by Gasteiger charge is -2.32. The molecule has 1 saturated heterocycles. The zero-order valence-electron chi connectivity index (χ0n) is 18.0. The Balaban J connectivity index is 1.72. The van der Waals surface area contributed by atoms with Crippen LogP contribution in [0.15, 0.2) is 42.5 Å². The molecule has 2 amide bonds. The lowest BCUT2D eigenvalue weighted by molar-refractivity contribution is -0.121. The monoisotopic (exact) mass is 428 g/mol. The molecule has 1 heterocycles. The van der Waals surface area contributed by atoms with Crippen LogP contribution >= 0.6 is 11.6 Å².